The monoisotopic (exact) mass is 349 g/mol. The highest BCUT2D eigenvalue weighted by Gasteiger charge is 2.37. The molecule has 0 radical (unpaired) electrons. The molecule has 21 heavy (non-hydrogen) atoms. The molecule has 0 aromatic heterocycles. The fourth-order valence-electron chi connectivity index (χ4n) is 3.03. The van der Waals surface area contributed by atoms with Crippen molar-refractivity contribution >= 4 is 15.9 Å². The second kappa shape index (κ2) is 5.78. The third-order valence-electron chi connectivity index (χ3n) is 4.22. The van der Waals surface area contributed by atoms with E-state index in [0.717, 1.165) is 27.8 Å². The van der Waals surface area contributed by atoms with Gasteiger partial charge in [0.1, 0.15) is 11.6 Å². The number of benzene rings is 2. The molecule has 3 rings (SSSR count). The first-order chi connectivity index (χ1) is 10.1. The van der Waals surface area contributed by atoms with Crippen molar-refractivity contribution < 1.29 is 9.13 Å². The van der Waals surface area contributed by atoms with E-state index in [1.54, 1.807) is 12.1 Å². The van der Waals surface area contributed by atoms with Crippen molar-refractivity contribution in [3.63, 3.8) is 0 Å². The van der Waals surface area contributed by atoms with Gasteiger partial charge in [0, 0.05) is 22.0 Å². The molecule has 1 aliphatic rings. The lowest BCUT2D eigenvalue weighted by Crippen LogP contribution is -2.41. The van der Waals surface area contributed by atoms with Gasteiger partial charge in [0.05, 0.1) is 6.61 Å². The van der Waals surface area contributed by atoms with E-state index >= 15 is 0 Å². The predicted octanol–water partition coefficient (Wildman–Crippen LogP) is 3.81. The van der Waals surface area contributed by atoms with E-state index in [2.05, 4.69) is 22.0 Å². The average molecular weight is 350 g/mol. The Bertz CT molecular complexity index is 661. The third kappa shape index (κ3) is 2.70. The summed E-state index contributed by atoms with van der Waals surface area (Å²) in [4.78, 5) is 0. The van der Waals surface area contributed by atoms with Gasteiger partial charge in [-0.2, -0.15) is 0 Å². The van der Waals surface area contributed by atoms with Gasteiger partial charge < -0.3 is 10.5 Å². The van der Waals surface area contributed by atoms with E-state index in [4.69, 9.17) is 10.5 Å². The normalized spacial score (nSPS) is 20.7. The smallest absolute Gasteiger partial charge is 0.123 e. The van der Waals surface area contributed by atoms with Gasteiger partial charge in [-0.15, -0.1) is 0 Å². The number of hydrogen-bond acceptors (Lipinski definition) is 2. The van der Waals surface area contributed by atoms with Gasteiger partial charge >= 0.3 is 0 Å². The Labute approximate surface area is 132 Å². The zero-order valence-electron chi connectivity index (χ0n) is 11.6. The number of rotatable bonds is 3. The molecule has 1 unspecified atom stereocenters. The number of fused-ring (bicyclic) bond motifs is 1. The minimum Gasteiger partial charge on any atom is -0.493 e. The highest BCUT2D eigenvalue weighted by Crippen LogP contribution is 2.41. The molecular formula is C17H17BrFNO. The molecule has 0 fully saturated rings. The summed E-state index contributed by atoms with van der Waals surface area (Å²) in [5, 5.41) is 0. The predicted molar refractivity (Wildman–Crippen MR) is 85.1 cm³/mol. The molecule has 0 saturated carbocycles. The fourth-order valence-corrected chi connectivity index (χ4v) is 3.42. The van der Waals surface area contributed by atoms with Crippen LogP contribution in [0.25, 0.3) is 0 Å². The molecule has 1 heterocycles. The number of ether oxygens (including phenoxy) is 1. The molecule has 2 nitrogen and oxygen atoms in total. The zero-order chi connectivity index (χ0) is 14.9. The summed E-state index contributed by atoms with van der Waals surface area (Å²) in [6.07, 6.45) is 1.53. The van der Waals surface area contributed by atoms with Crippen LogP contribution in [0.4, 0.5) is 4.39 Å². The van der Waals surface area contributed by atoms with E-state index < -0.39 is 0 Å². The van der Waals surface area contributed by atoms with E-state index in [1.807, 2.05) is 18.2 Å². The van der Waals surface area contributed by atoms with Crippen molar-refractivity contribution in [1.29, 1.82) is 0 Å². The van der Waals surface area contributed by atoms with Crippen molar-refractivity contribution in [3.8, 4) is 5.75 Å². The summed E-state index contributed by atoms with van der Waals surface area (Å²) in [6.45, 7) is 1.15. The lowest BCUT2D eigenvalue weighted by molar-refractivity contribution is 0.215. The maximum Gasteiger partial charge on any atom is 0.123 e. The Morgan fingerprint density at radius 1 is 1.24 bits per heavy atom. The summed E-state index contributed by atoms with van der Waals surface area (Å²) < 4.78 is 20.2. The van der Waals surface area contributed by atoms with Crippen LogP contribution in [0.1, 0.15) is 17.5 Å². The van der Waals surface area contributed by atoms with Crippen molar-refractivity contribution in [2.24, 2.45) is 5.73 Å². The summed E-state index contributed by atoms with van der Waals surface area (Å²) >= 11 is 3.51. The SMILES string of the molecule is NCC1(Cc2cc(F)ccc2Br)CCOc2ccccc21. The van der Waals surface area contributed by atoms with Gasteiger partial charge in [-0.3, -0.25) is 0 Å². The minimum atomic E-state index is -0.222. The zero-order valence-corrected chi connectivity index (χ0v) is 13.2. The minimum absolute atomic E-state index is 0.203. The van der Waals surface area contributed by atoms with Crippen LogP contribution < -0.4 is 10.5 Å². The highest BCUT2D eigenvalue weighted by molar-refractivity contribution is 9.10. The molecule has 0 aliphatic carbocycles. The molecule has 1 atom stereocenters. The van der Waals surface area contributed by atoms with Crippen LogP contribution in [-0.2, 0) is 11.8 Å². The van der Waals surface area contributed by atoms with Crippen LogP contribution in [0.15, 0.2) is 46.9 Å². The van der Waals surface area contributed by atoms with Crippen LogP contribution in [0.2, 0.25) is 0 Å². The first kappa shape index (κ1) is 14.5. The maximum absolute atomic E-state index is 13.5. The number of para-hydroxylation sites is 1. The molecule has 0 amide bonds. The summed E-state index contributed by atoms with van der Waals surface area (Å²) in [5.41, 5.74) is 7.98. The molecule has 0 spiro atoms. The third-order valence-corrected chi connectivity index (χ3v) is 5.00. The summed E-state index contributed by atoms with van der Waals surface area (Å²) in [5.74, 6) is 0.669. The average Bonchev–Trinajstić information content (AvgIpc) is 2.51. The molecule has 2 aromatic carbocycles. The molecule has 2 N–H and O–H groups in total. The van der Waals surface area contributed by atoms with E-state index in [1.165, 1.54) is 6.07 Å². The van der Waals surface area contributed by atoms with Gasteiger partial charge in [-0.1, -0.05) is 34.1 Å². The highest BCUT2D eigenvalue weighted by atomic mass is 79.9. The summed E-state index contributed by atoms with van der Waals surface area (Å²) in [6, 6.07) is 12.8. The van der Waals surface area contributed by atoms with Gasteiger partial charge in [0.2, 0.25) is 0 Å². The van der Waals surface area contributed by atoms with Crippen molar-refractivity contribution in [2.75, 3.05) is 13.2 Å². The second-order valence-corrected chi connectivity index (χ2v) is 6.35. The first-order valence-electron chi connectivity index (χ1n) is 7.01. The topological polar surface area (TPSA) is 35.2 Å². The number of halogens is 2. The van der Waals surface area contributed by atoms with Crippen LogP contribution in [-0.4, -0.2) is 13.2 Å². The molecular weight excluding hydrogens is 333 g/mol. The molecule has 0 saturated heterocycles. The fraction of sp³-hybridized carbons (Fsp3) is 0.294. The van der Waals surface area contributed by atoms with Crippen molar-refractivity contribution in [2.45, 2.75) is 18.3 Å². The molecule has 0 bridgehead atoms. The molecule has 2 aromatic rings. The molecule has 4 heteroatoms. The Balaban J connectivity index is 2.04. The van der Waals surface area contributed by atoms with Crippen LogP contribution in [0, 0.1) is 5.82 Å². The first-order valence-corrected chi connectivity index (χ1v) is 7.80. The maximum atomic E-state index is 13.5. The van der Waals surface area contributed by atoms with Crippen molar-refractivity contribution in [1.82, 2.24) is 0 Å². The largest absolute Gasteiger partial charge is 0.493 e. The van der Waals surface area contributed by atoms with Gasteiger partial charge in [-0.05, 0) is 42.7 Å². The van der Waals surface area contributed by atoms with Crippen molar-refractivity contribution in [3.05, 3.63) is 63.9 Å². The standard InChI is InChI=1S/C17H17BrFNO/c18-15-6-5-13(19)9-12(15)10-17(11-20)7-8-21-16-4-2-1-3-14(16)17/h1-6,9H,7-8,10-11,20H2. The number of nitrogens with two attached hydrogens (primary N) is 1. The molecule has 1 aliphatic heterocycles. The lowest BCUT2D eigenvalue weighted by atomic mass is 9.72. The van der Waals surface area contributed by atoms with Gasteiger partial charge in [0.25, 0.3) is 0 Å². The van der Waals surface area contributed by atoms with E-state index in [0.29, 0.717) is 19.6 Å². The van der Waals surface area contributed by atoms with E-state index in [9.17, 15) is 4.39 Å². The summed E-state index contributed by atoms with van der Waals surface area (Å²) in [7, 11) is 0. The lowest BCUT2D eigenvalue weighted by Gasteiger charge is -2.38. The van der Waals surface area contributed by atoms with Gasteiger partial charge in [-0.25, -0.2) is 4.39 Å². The molecule has 110 valence electrons. The van der Waals surface area contributed by atoms with Crippen LogP contribution >= 0.6 is 15.9 Å². The van der Waals surface area contributed by atoms with Crippen LogP contribution in [0.5, 0.6) is 5.75 Å². The van der Waals surface area contributed by atoms with E-state index in [-0.39, 0.29) is 11.2 Å². The Hall–Kier alpha value is -1.39. The van der Waals surface area contributed by atoms with Gasteiger partial charge in [0.15, 0.2) is 0 Å². The number of hydrogen-bond donors (Lipinski definition) is 1. The Morgan fingerprint density at radius 2 is 2.05 bits per heavy atom. The van der Waals surface area contributed by atoms with Crippen LogP contribution in [0.3, 0.4) is 0 Å². The Kier molecular flexibility index (Phi) is 4.00. The Morgan fingerprint density at radius 3 is 2.86 bits per heavy atom. The second-order valence-electron chi connectivity index (χ2n) is 5.49. The quantitative estimate of drug-likeness (QED) is 0.914.